The van der Waals surface area contributed by atoms with Gasteiger partial charge in [0, 0.05) is 5.92 Å². The van der Waals surface area contributed by atoms with Crippen LogP contribution in [0.15, 0.2) is 23.3 Å². The first-order valence-corrected chi connectivity index (χ1v) is 6.48. The van der Waals surface area contributed by atoms with Gasteiger partial charge in [0.2, 0.25) is 0 Å². The fraction of sp³-hybridized carbons (Fsp3) is 0.733. The van der Waals surface area contributed by atoms with Crippen LogP contribution in [0.4, 0.5) is 0 Å². The zero-order valence-corrected chi connectivity index (χ0v) is 10.6. The lowest BCUT2D eigenvalue weighted by atomic mass is 9.82. The molecule has 1 saturated carbocycles. The lowest BCUT2D eigenvalue weighted by Gasteiger charge is -2.23. The molecule has 15 heavy (non-hydrogen) atoms. The van der Waals surface area contributed by atoms with Crippen molar-refractivity contribution in [3.05, 3.63) is 23.3 Å². The minimum Gasteiger partial charge on any atom is -0.0661 e. The standard InChI is InChI=1S/C15H24/c1-10(2)13-7-5-11(3)14-8-6-12(4)15(14)9-13/h6,8,10-11,13,15H,5,7,9H2,1-4H3. The van der Waals surface area contributed by atoms with Gasteiger partial charge >= 0.3 is 0 Å². The molecule has 3 atom stereocenters. The SMILES string of the molecule is CC1=CC=C2C(C)CCC(C(C)C)CC12. The van der Waals surface area contributed by atoms with Gasteiger partial charge in [-0.15, -0.1) is 0 Å². The van der Waals surface area contributed by atoms with E-state index in [9.17, 15) is 0 Å². The second-order valence-electron chi connectivity index (χ2n) is 5.85. The molecule has 0 radical (unpaired) electrons. The predicted octanol–water partition coefficient (Wildman–Crippen LogP) is 4.58. The van der Waals surface area contributed by atoms with Crippen molar-refractivity contribution in [2.45, 2.75) is 47.0 Å². The highest BCUT2D eigenvalue weighted by atomic mass is 14.4. The molecule has 2 rings (SSSR count). The summed E-state index contributed by atoms with van der Waals surface area (Å²) >= 11 is 0. The highest BCUT2D eigenvalue weighted by Crippen LogP contribution is 2.43. The van der Waals surface area contributed by atoms with E-state index in [1.807, 2.05) is 0 Å². The van der Waals surface area contributed by atoms with Crippen LogP contribution in [0.3, 0.4) is 0 Å². The smallest absolute Gasteiger partial charge is 0.00158 e. The summed E-state index contributed by atoms with van der Waals surface area (Å²) in [5.41, 5.74) is 3.32. The van der Waals surface area contributed by atoms with Gasteiger partial charge in [0.25, 0.3) is 0 Å². The molecule has 1 fully saturated rings. The minimum atomic E-state index is 0.787. The van der Waals surface area contributed by atoms with E-state index in [1.165, 1.54) is 19.3 Å². The molecule has 0 nitrogen and oxygen atoms in total. The third-order valence-electron chi connectivity index (χ3n) is 4.51. The number of fused-ring (bicyclic) bond motifs is 1. The predicted molar refractivity (Wildman–Crippen MR) is 66.7 cm³/mol. The average Bonchev–Trinajstić information content (AvgIpc) is 2.43. The number of hydrogen-bond acceptors (Lipinski definition) is 0. The Morgan fingerprint density at radius 2 is 1.93 bits per heavy atom. The van der Waals surface area contributed by atoms with Crippen LogP contribution < -0.4 is 0 Å². The molecule has 2 aliphatic carbocycles. The van der Waals surface area contributed by atoms with Crippen molar-refractivity contribution >= 4 is 0 Å². The molecule has 0 aromatic heterocycles. The molecule has 0 amide bonds. The van der Waals surface area contributed by atoms with Gasteiger partial charge < -0.3 is 0 Å². The maximum Gasteiger partial charge on any atom is 0.00158 e. The fourth-order valence-corrected chi connectivity index (χ4v) is 3.21. The van der Waals surface area contributed by atoms with Crippen LogP contribution >= 0.6 is 0 Å². The van der Waals surface area contributed by atoms with Gasteiger partial charge in [-0.1, -0.05) is 44.1 Å². The van der Waals surface area contributed by atoms with Crippen molar-refractivity contribution in [1.82, 2.24) is 0 Å². The first-order valence-electron chi connectivity index (χ1n) is 6.48. The molecular weight excluding hydrogens is 180 g/mol. The minimum absolute atomic E-state index is 0.787. The van der Waals surface area contributed by atoms with Gasteiger partial charge in [0.1, 0.15) is 0 Å². The molecule has 0 bridgehead atoms. The van der Waals surface area contributed by atoms with Crippen molar-refractivity contribution < 1.29 is 0 Å². The van der Waals surface area contributed by atoms with Gasteiger partial charge in [-0.3, -0.25) is 0 Å². The van der Waals surface area contributed by atoms with Gasteiger partial charge in [-0.05, 0) is 43.9 Å². The van der Waals surface area contributed by atoms with Crippen LogP contribution in [-0.2, 0) is 0 Å². The first kappa shape index (κ1) is 11.0. The van der Waals surface area contributed by atoms with E-state index in [4.69, 9.17) is 0 Å². The number of allylic oxidation sites excluding steroid dienone is 4. The zero-order valence-electron chi connectivity index (χ0n) is 10.6. The number of rotatable bonds is 1. The van der Waals surface area contributed by atoms with Crippen molar-refractivity contribution in [1.29, 1.82) is 0 Å². The van der Waals surface area contributed by atoms with E-state index < -0.39 is 0 Å². The Bertz CT molecular complexity index is 293. The van der Waals surface area contributed by atoms with Crippen molar-refractivity contribution in [3.8, 4) is 0 Å². The third-order valence-corrected chi connectivity index (χ3v) is 4.51. The summed E-state index contributed by atoms with van der Waals surface area (Å²) in [6, 6.07) is 0. The van der Waals surface area contributed by atoms with E-state index in [-0.39, 0.29) is 0 Å². The Morgan fingerprint density at radius 1 is 1.20 bits per heavy atom. The molecule has 0 aliphatic heterocycles. The second-order valence-corrected chi connectivity index (χ2v) is 5.85. The van der Waals surface area contributed by atoms with Crippen LogP contribution in [-0.4, -0.2) is 0 Å². The van der Waals surface area contributed by atoms with E-state index in [0.29, 0.717) is 0 Å². The molecule has 0 heteroatoms. The molecule has 0 heterocycles. The highest BCUT2D eigenvalue weighted by molar-refractivity contribution is 5.35. The maximum atomic E-state index is 2.41. The van der Waals surface area contributed by atoms with Gasteiger partial charge in [-0.2, -0.15) is 0 Å². The summed E-state index contributed by atoms with van der Waals surface area (Å²) < 4.78 is 0. The normalized spacial score (nSPS) is 35.9. The highest BCUT2D eigenvalue weighted by Gasteiger charge is 2.31. The molecule has 0 aromatic rings. The van der Waals surface area contributed by atoms with Gasteiger partial charge in [0.15, 0.2) is 0 Å². The summed E-state index contributed by atoms with van der Waals surface area (Å²) in [5, 5.41) is 0. The summed E-state index contributed by atoms with van der Waals surface area (Å²) in [4.78, 5) is 0. The van der Waals surface area contributed by atoms with Crippen molar-refractivity contribution in [3.63, 3.8) is 0 Å². The molecule has 0 saturated heterocycles. The van der Waals surface area contributed by atoms with Crippen LogP contribution in [0.5, 0.6) is 0 Å². The Morgan fingerprint density at radius 3 is 2.60 bits per heavy atom. The fourth-order valence-electron chi connectivity index (χ4n) is 3.21. The molecule has 2 aliphatic rings. The van der Waals surface area contributed by atoms with E-state index >= 15 is 0 Å². The second kappa shape index (κ2) is 4.15. The molecule has 0 N–H and O–H groups in total. The van der Waals surface area contributed by atoms with E-state index in [0.717, 1.165) is 23.7 Å². The first-order chi connectivity index (χ1) is 7.09. The Balaban J connectivity index is 2.18. The molecule has 0 spiro atoms. The van der Waals surface area contributed by atoms with Crippen LogP contribution in [0, 0.1) is 23.7 Å². The lowest BCUT2D eigenvalue weighted by Crippen LogP contribution is -2.13. The largest absolute Gasteiger partial charge is 0.0661 e. The topological polar surface area (TPSA) is 0 Å². The summed E-state index contributed by atoms with van der Waals surface area (Å²) in [6.07, 6.45) is 8.97. The monoisotopic (exact) mass is 204 g/mol. The van der Waals surface area contributed by atoms with Crippen LogP contribution in [0.25, 0.3) is 0 Å². The molecule has 84 valence electrons. The summed E-state index contributed by atoms with van der Waals surface area (Å²) in [6.45, 7) is 9.49. The summed E-state index contributed by atoms with van der Waals surface area (Å²) in [5.74, 6) is 3.39. The van der Waals surface area contributed by atoms with E-state index in [2.05, 4.69) is 39.8 Å². The van der Waals surface area contributed by atoms with Gasteiger partial charge in [0.05, 0.1) is 0 Å². The molecular formula is C15H24. The average molecular weight is 204 g/mol. The molecule has 0 aromatic carbocycles. The maximum absolute atomic E-state index is 2.41. The van der Waals surface area contributed by atoms with Crippen LogP contribution in [0.1, 0.15) is 47.0 Å². The third kappa shape index (κ3) is 2.04. The summed E-state index contributed by atoms with van der Waals surface area (Å²) in [7, 11) is 0. The van der Waals surface area contributed by atoms with Crippen molar-refractivity contribution in [2.75, 3.05) is 0 Å². The Kier molecular flexibility index (Phi) is 3.04. The Hall–Kier alpha value is -0.520. The Labute approximate surface area is 94.5 Å². The lowest BCUT2D eigenvalue weighted by molar-refractivity contribution is 0.321. The molecule has 3 unspecified atom stereocenters. The van der Waals surface area contributed by atoms with Gasteiger partial charge in [-0.25, -0.2) is 0 Å². The zero-order chi connectivity index (χ0) is 11.0. The number of hydrogen-bond donors (Lipinski definition) is 0. The van der Waals surface area contributed by atoms with Crippen molar-refractivity contribution in [2.24, 2.45) is 23.7 Å². The van der Waals surface area contributed by atoms with Crippen LogP contribution in [0.2, 0.25) is 0 Å². The van der Waals surface area contributed by atoms with E-state index in [1.54, 1.807) is 11.1 Å². The quantitative estimate of drug-likeness (QED) is 0.586.